The zero-order chi connectivity index (χ0) is 20.2. The molecule has 27 heavy (non-hydrogen) atoms. The van der Waals surface area contributed by atoms with Crippen LogP contribution in [0.25, 0.3) is 0 Å². The molecule has 0 spiro atoms. The molecule has 142 valence electrons. The van der Waals surface area contributed by atoms with Crippen LogP contribution in [0.5, 0.6) is 0 Å². The number of nitrogens with one attached hydrogen (secondary N) is 1. The van der Waals surface area contributed by atoms with Gasteiger partial charge >= 0.3 is 11.9 Å². The van der Waals surface area contributed by atoms with Gasteiger partial charge in [0.05, 0.1) is 26.1 Å². The number of nitro groups is 2. The Bertz CT molecular complexity index is 907. The number of benzene rings is 1. The number of alkyl halides is 3. The van der Waals surface area contributed by atoms with E-state index in [4.69, 9.17) is 0 Å². The van der Waals surface area contributed by atoms with Crippen molar-refractivity contribution < 1.29 is 27.8 Å². The van der Waals surface area contributed by atoms with Crippen molar-refractivity contribution in [1.82, 2.24) is 4.98 Å². The standard InChI is InChI=1S/C14H9F3N4O5S/c15-14(16,17)8-1-2-12(10(5-8)20(23)24)27-7-13(22)19-9-3-4-18-6-11(9)21(25)26/h1-6H,7H2,(H,18,19,22). The molecule has 0 atom stereocenters. The number of carbonyl (C=O) groups excluding carboxylic acids is 1. The predicted octanol–water partition coefficient (Wildman–Crippen LogP) is 3.65. The van der Waals surface area contributed by atoms with Gasteiger partial charge in [-0.25, -0.2) is 0 Å². The molecule has 2 rings (SSSR count). The Morgan fingerprint density at radius 1 is 1.15 bits per heavy atom. The maximum atomic E-state index is 12.7. The Labute approximate surface area is 152 Å². The summed E-state index contributed by atoms with van der Waals surface area (Å²) < 4.78 is 38.0. The lowest BCUT2D eigenvalue weighted by molar-refractivity contribution is -0.388. The largest absolute Gasteiger partial charge is 0.416 e. The van der Waals surface area contributed by atoms with Gasteiger partial charge in [0.25, 0.3) is 5.69 Å². The van der Waals surface area contributed by atoms with Crippen molar-refractivity contribution in [2.45, 2.75) is 11.1 Å². The van der Waals surface area contributed by atoms with Crippen molar-refractivity contribution in [1.29, 1.82) is 0 Å². The van der Waals surface area contributed by atoms with Crippen LogP contribution in [0.4, 0.5) is 30.2 Å². The number of nitro benzene ring substituents is 1. The van der Waals surface area contributed by atoms with Gasteiger partial charge in [0.2, 0.25) is 5.91 Å². The zero-order valence-electron chi connectivity index (χ0n) is 13.1. The Morgan fingerprint density at radius 2 is 1.81 bits per heavy atom. The van der Waals surface area contributed by atoms with Gasteiger partial charge in [0.1, 0.15) is 11.9 Å². The summed E-state index contributed by atoms with van der Waals surface area (Å²) in [4.78, 5) is 35.5. The van der Waals surface area contributed by atoms with Crippen molar-refractivity contribution >= 4 is 34.7 Å². The van der Waals surface area contributed by atoms with Gasteiger partial charge in [-0.2, -0.15) is 13.2 Å². The maximum Gasteiger partial charge on any atom is 0.416 e. The van der Waals surface area contributed by atoms with Crippen LogP contribution in [-0.2, 0) is 11.0 Å². The van der Waals surface area contributed by atoms with E-state index >= 15 is 0 Å². The second-order valence-corrected chi connectivity index (χ2v) is 5.94. The zero-order valence-corrected chi connectivity index (χ0v) is 13.9. The van der Waals surface area contributed by atoms with Crippen molar-refractivity contribution in [3.8, 4) is 0 Å². The number of rotatable bonds is 6. The van der Waals surface area contributed by atoms with Gasteiger partial charge in [-0.05, 0) is 18.2 Å². The van der Waals surface area contributed by atoms with E-state index in [2.05, 4.69) is 10.3 Å². The molecule has 0 fully saturated rings. The van der Waals surface area contributed by atoms with E-state index in [0.29, 0.717) is 23.9 Å². The lowest BCUT2D eigenvalue weighted by atomic mass is 10.2. The van der Waals surface area contributed by atoms with E-state index in [0.717, 1.165) is 12.3 Å². The highest BCUT2D eigenvalue weighted by Crippen LogP contribution is 2.36. The summed E-state index contributed by atoms with van der Waals surface area (Å²) in [6, 6.07) is 3.14. The van der Waals surface area contributed by atoms with Gasteiger partial charge in [-0.1, -0.05) is 0 Å². The maximum absolute atomic E-state index is 12.7. The van der Waals surface area contributed by atoms with Crippen molar-refractivity contribution in [3.63, 3.8) is 0 Å². The van der Waals surface area contributed by atoms with E-state index in [1.807, 2.05) is 0 Å². The molecule has 1 amide bonds. The molecule has 9 nitrogen and oxygen atoms in total. The molecule has 0 aliphatic carbocycles. The highest BCUT2D eigenvalue weighted by Gasteiger charge is 2.33. The molecule has 1 heterocycles. The van der Waals surface area contributed by atoms with E-state index in [1.54, 1.807) is 0 Å². The average Bonchev–Trinajstić information content (AvgIpc) is 2.59. The summed E-state index contributed by atoms with van der Waals surface area (Å²) in [5.41, 5.74) is -2.55. The topological polar surface area (TPSA) is 128 Å². The van der Waals surface area contributed by atoms with Crippen LogP contribution in [-0.4, -0.2) is 26.5 Å². The summed E-state index contributed by atoms with van der Waals surface area (Å²) >= 11 is 0.630. The van der Waals surface area contributed by atoms with Crippen molar-refractivity contribution in [2.75, 3.05) is 11.1 Å². The van der Waals surface area contributed by atoms with Crippen molar-refractivity contribution in [3.05, 3.63) is 62.5 Å². The summed E-state index contributed by atoms with van der Waals surface area (Å²) in [6.07, 6.45) is -2.59. The van der Waals surface area contributed by atoms with Gasteiger partial charge in [0, 0.05) is 12.3 Å². The summed E-state index contributed by atoms with van der Waals surface area (Å²) in [5.74, 6) is -1.14. The van der Waals surface area contributed by atoms with Gasteiger partial charge < -0.3 is 5.32 Å². The van der Waals surface area contributed by atoms with E-state index in [-0.39, 0.29) is 10.6 Å². The smallest absolute Gasteiger partial charge is 0.320 e. The third-order valence-corrected chi connectivity index (χ3v) is 4.18. The monoisotopic (exact) mass is 402 g/mol. The molecule has 1 aromatic carbocycles. The van der Waals surface area contributed by atoms with Gasteiger partial charge in [-0.15, -0.1) is 11.8 Å². The number of halogens is 3. The summed E-state index contributed by atoms with van der Waals surface area (Å²) in [7, 11) is 0. The fourth-order valence-corrected chi connectivity index (χ4v) is 2.73. The SMILES string of the molecule is O=C(CSc1ccc(C(F)(F)F)cc1[N+](=O)[O-])Nc1ccncc1[N+](=O)[O-]. The molecule has 1 aromatic heterocycles. The van der Waals surface area contributed by atoms with Crippen LogP contribution >= 0.6 is 11.8 Å². The number of aromatic nitrogens is 1. The van der Waals surface area contributed by atoms with Crippen LogP contribution in [0, 0.1) is 20.2 Å². The third kappa shape index (κ3) is 5.13. The van der Waals surface area contributed by atoms with Crippen LogP contribution in [0.1, 0.15) is 5.56 Å². The molecule has 0 aliphatic heterocycles. The molecule has 0 saturated carbocycles. The van der Waals surface area contributed by atoms with Crippen LogP contribution in [0.2, 0.25) is 0 Å². The minimum atomic E-state index is -4.74. The van der Waals surface area contributed by atoms with E-state index in [9.17, 15) is 38.2 Å². The lowest BCUT2D eigenvalue weighted by Gasteiger charge is -2.09. The number of hydrogen-bond acceptors (Lipinski definition) is 7. The van der Waals surface area contributed by atoms with Crippen molar-refractivity contribution in [2.24, 2.45) is 0 Å². The first-order valence-corrected chi connectivity index (χ1v) is 7.95. The highest BCUT2D eigenvalue weighted by atomic mass is 32.2. The molecular weight excluding hydrogens is 393 g/mol. The Morgan fingerprint density at radius 3 is 2.41 bits per heavy atom. The summed E-state index contributed by atoms with van der Waals surface area (Å²) in [5, 5.41) is 24.1. The number of hydrogen-bond donors (Lipinski definition) is 1. The molecule has 0 unspecified atom stereocenters. The fourth-order valence-electron chi connectivity index (χ4n) is 1.93. The first-order valence-electron chi connectivity index (χ1n) is 6.96. The molecule has 13 heteroatoms. The molecule has 0 bridgehead atoms. The second-order valence-electron chi connectivity index (χ2n) is 4.92. The van der Waals surface area contributed by atoms with Gasteiger partial charge in [0.15, 0.2) is 0 Å². The quantitative estimate of drug-likeness (QED) is 0.444. The molecule has 2 aromatic rings. The minimum Gasteiger partial charge on any atom is -0.320 e. The molecule has 1 N–H and O–H groups in total. The lowest BCUT2D eigenvalue weighted by Crippen LogP contribution is -2.15. The number of amides is 1. The Hall–Kier alpha value is -3.22. The fraction of sp³-hybridized carbons (Fsp3) is 0.143. The third-order valence-electron chi connectivity index (χ3n) is 3.11. The normalized spacial score (nSPS) is 11.1. The van der Waals surface area contributed by atoms with Crippen LogP contribution in [0.3, 0.4) is 0 Å². The first kappa shape index (κ1) is 20.1. The number of thioether (sulfide) groups is 1. The Kier molecular flexibility index (Phi) is 5.95. The molecule has 0 saturated heterocycles. The molecule has 0 radical (unpaired) electrons. The van der Waals surface area contributed by atoms with Crippen LogP contribution < -0.4 is 5.32 Å². The average molecular weight is 402 g/mol. The minimum absolute atomic E-state index is 0.123. The van der Waals surface area contributed by atoms with Crippen LogP contribution in [0.15, 0.2) is 41.6 Å². The summed E-state index contributed by atoms with van der Waals surface area (Å²) in [6.45, 7) is 0. The number of carbonyl (C=O) groups is 1. The predicted molar refractivity (Wildman–Crippen MR) is 88.3 cm³/mol. The number of nitrogens with zero attached hydrogens (tertiary/aromatic N) is 3. The highest BCUT2D eigenvalue weighted by molar-refractivity contribution is 8.00. The number of pyridine rings is 1. The molecular formula is C14H9F3N4O5S. The molecule has 0 aliphatic rings. The van der Waals surface area contributed by atoms with E-state index in [1.165, 1.54) is 12.3 Å². The number of anilines is 1. The second kappa shape index (κ2) is 7.99. The van der Waals surface area contributed by atoms with E-state index < -0.39 is 44.6 Å². The Balaban J connectivity index is 2.13. The van der Waals surface area contributed by atoms with Gasteiger partial charge in [-0.3, -0.25) is 30.0 Å². The first-order chi connectivity index (χ1) is 12.6.